The molecule has 3 rings (SSSR count). The molecule has 0 spiro atoms. The number of aryl methyl sites for hydroxylation is 1. The van der Waals surface area contributed by atoms with Gasteiger partial charge in [0.1, 0.15) is 5.75 Å². The third-order valence-electron chi connectivity index (χ3n) is 4.96. The van der Waals surface area contributed by atoms with E-state index in [4.69, 9.17) is 9.47 Å². The van der Waals surface area contributed by atoms with Gasteiger partial charge in [-0.1, -0.05) is 25.1 Å². The molecule has 1 heterocycles. The lowest BCUT2D eigenvalue weighted by Gasteiger charge is -2.30. The van der Waals surface area contributed by atoms with Gasteiger partial charge in [-0.15, -0.1) is 0 Å². The summed E-state index contributed by atoms with van der Waals surface area (Å²) in [4.78, 5) is 13.4. The minimum Gasteiger partial charge on any atom is -0.540 e. The van der Waals surface area contributed by atoms with Gasteiger partial charge in [0.2, 0.25) is 5.69 Å². The molecule has 5 nitrogen and oxygen atoms in total. The van der Waals surface area contributed by atoms with Gasteiger partial charge in [-0.25, -0.2) is 0 Å². The third kappa shape index (κ3) is 3.77. The molecule has 0 saturated carbocycles. The summed E-state index contributed by atoms with van der Waals surface area (Å²) in [5.41, 5.74) is 2.42. The Kier molecular flexibility index (Phi) is 5.97. The number of hydrogen-bond acceptors (Lipinski definition) is 4. The zero-order valence-electron chi connectivity index (χ0n) is 16.1. The van der Waals surface area contributed by atoms with Gasteiger partial charge in [-0.3, -0.25) is 4.79 Å². The Morgan fingerprint density at radius 2 is 2.04 bits per heavy atom. The van der Waals surface area contributed by atoms with Crippen molar-refractivity contribution >= 4 is 22.3 Å². The van der Waals surface area contributed by atoms with E-state index in [0.717, 1.165) is 20.1 Å². The van der Waals surface area contributed by atoms with Crippen LogP contribution in [0.25, 0.3) is 0 Å². The highest BCUT2D eigenvalue weighted by molar-refractivity contribution is 7.85. The number of esters is 1. The SMILES string of the molecule is CCOC(=O)[C@@H](C)[C@H]1CS(c2ccccc2)=[N+]([O-])c2cc(OC)c(C)cc21. The molecule has 0 N–H and O–H groups in total. The Labute approximate surface area is 162 Å². The van der Waals surface area contributed by atoms with Crippen molar-refractivity contribution in [3.05, 3.63) is 58.8 Å². The van der Waals surface area contributed by atoms with Crippen molar-refractivity contribution in [2.45, 2.75) is 31.6 Å². The number of ether oxygens (including phenoxy) is 2. The number of nitrogens with zero attached hydrogens (tertiary/aromatic N) is 1. The first-order chi connectivity index (χ1) is 13.0. The van der Waals surface area contributed by atoms with Crippen molar-refractivity contribution in [3.63, 3.8) is 0 Å². The summed E-state index contributed by atoms with van der Waals surface area (Å²) < 4.78 is 11.8. The number of fused-ring (bicyclic) bond motifs is 1. The quantitative estimate of drug-likeness (QED) is 0.436. The lowest BCUT2D eigenvalue weighted by Crippen LogP contribution is -2.31. The van der Waals surface area contributed by atoms with Crippen LogP contribution in [0.1, 0.15) is 30.9 Å². The Bertz CT molecular complexity index is 879. The first-order valence-corrected chi connectivity index (χ1v) is 10.4. The molecular formula is C21H25NO4S. The van der Waals surface area contributed by atoms with Gasteiger partial charge in [0, 0.05) is 11.5 Å². The highest BCUT2D eigenvalue weighted by Gasteiger charge is 2.37. The molecule has 2 aromatic carbocycles. The first kappa shape index (κ1) is 19.6. The molecule has 27 heavy (non-hydrogen) atoms. The van der Waals surface area contributed by atoms with E-state index in [1.807, 2.05) is 57.2 Å². The van der Waals surface area contributed by atoms with Gasteiger partial charge in [0.05, 0.1) is 47.0 Å². The molecule has 0 radical (unpaired) electrons. The molecule has 0 bridgehead atoms. The number of carbonyl (C=O) groups is 1. The third-order valence-corrected chi connectivity index (χ3v) is 7.04. The number of carbonyl (C=O) groups excluding carboxylic acids is 1. The molecule has 6 heteroatoms. The first-order valence-electron chi connectivity index (χ1n) is 9.06. The van der Waals surface area contributed by atoms with E-state index < -0.39 is 10.7 Å². The molecule has 0 aliphatic carbocycles. The zero-order valence-corrected chi connectivity index (χ0v) is 16.9. The maximum absolute atomic E-state index is 13.2. The number of benzene rings is 2. The second-order valence-corrected chi connectivity index (χ2v) is 8.50. The van der Waals surface area contributed by atoms with Gasteiger partial charge >= 0.3 is 5.97 Å². The van der Waals surface area contributed by atoms with Gasteiger partial charge in [0.15, 0.2) is 0 Å². The van der Waals surface area contributed by atoms with Crippen LogP contribution in [0, 0.1) is 18.0 Å². The summed E-state index contributed by atoms with van der Waals surface area (Å²) in [5.74, 6) is 0.626. The molecule has 144 valence electrons. The standard InChI is InChI=1S/C21H25NO4S/c1-5-26-21(23)15(3)18-13-27(16-9-7-6-8-10-16)22(24)19-12-20(25-4)14(2)11-17(18)19/h6-12,15,18H,5,13H2,1-4H3/t15-,18+,27?/m0/s1. The lowest BCUT2D eigenvalue weighted by molar-refractivity contribution is -0.334. The fourth-order valence-electron chi connectivity index (χ4n) is 3.44. The predicted molar refractivity (Wildman–Crippen MR) is 106 cm³/mol. The smallest absolute Gasteiger partial charge is 0.309 e. The predicted octanol–water partition coefficient (Wildman–Crippen LogP) is 4.30. The monoisotopic (exact) mass is 387 g/mol. The lowest BCUT2D eigenvalue weighted by atomic mass is 9.86. The van der Waals surface area contributed by atoms with Crippen LogP contribution in [-0.4, -0.2) is 29.5 Å². The normalized spacial score (nSPS) is 20.0. The van der Waals surface area contributed by atoms with Crippen molar-refractivity contribution in [3.8, 4) is 5.75 Å². The van der Waals surface area contributed by atoms with Gasteiger partial charge in [0.25, 0.3) is 0 Å². The van der Waals surface area contributed by atoms with Crippen LogP contribution in [0.5, 0.6) is 5.75 Å². The van der Waals surface area contributed by atoms with Crippen molar-refractivity contribution < 1.29 is 18.4 Å². The van der Waals surface area contributed by atoms with Crippen LogP contribution >= 0.6 is 0 Å². The largest absolute Gasteiger partial charge is 0.540 e. The average molecular weight is 388 g/mol. The molecule has 0 saturated heterocycles. The summed E-state index contributed by atoms with van der Waals surface area (Å²) in [5, 5.41) is 13.2. The zero-order chi connectivity index (χ0) is 19.6. The molecule has 0 amide bonds. The molecule has 1 unspecified atom stereocenters. The Hall–Kier alpha value is -2.18. The molecule has 2 aromatic rings. The summed E-state index contributed by atoms with van der Waals surface area (Å²) in [6.45, 7) is 6.00. The fourth-order valence-corrected chi connectivity index (χ4v) is 5.64. The number of rotatable bonds is 5. The second kappa shape index (κ2) is 8.23. The fraction of sp³-hybridized carbons (Fsp3) is 0.381. The van der Waals surface area contributed by atoms with Crippen LogP contribution in [0.15, 0.2) is 47.4 Å². The van der Waals surface area contributed by atoms with E-state index in [9.17, 15) is 10.0 Å². The average Bonchev–Trinajstić information content (AvgIpc) is 2.68. The van der Waals surface area contributed by atoms with E-state index in [1.54, 1.807) is 13.2 Å². The van der Waals surface area contributed by atoms with Gasteiger partial charge in [-0.05, 0) is 37.6 Å². The van der Waals surface area contributed by atoms with E-state index in [1.165, 1.54) is 0 Å². The molecule has 1 aliphatic heterocycles. The number of methoxy groups -OCH3 is 1. The summed E-state index contributed by atoms with van der Waals surface area (Å²) >= 11 is 0. The van der Waals surface area contributed by atoms with E-state index >= 15 is 0 Å². The van der Waals surface area contributed by atoms with E-state index in [-0.39, 0.29) is 17.8 Å². The minimum absolute atomic E-state index is 0.0857. The Morgan fingerprint density at radius 1 is 1.33 bits per heavy atom. The van der Waals surface area contributed by atoms with Crippen LogP contribution in [0.4, 0.5) is 5.69 Å². The summed E-state index contributed by atoms with van der Waals surface area (Å²) in [7, 11) is 0.912. The summed E-state index contributed by atoms with van der Waals surface area (Å²) in [6, 6.07) is 13.5. The van der Waals surface area contributed by atoms with Gasteiger partial charge < -0.3 is 14.7 Å². The molecule has 0 aromatic heterocycles. The highest BCUT2D eigenvalue weighted by atomic mass is 32.2. The summed E-state index contributed by atoms with van der Waals surface area (Å²) in [6.07, 6.45) is 0. The van der Waals surface area contributed by atoms with Crippen LogP contribution in [0.3, 0.4) is 0 Å². The van der Waals surface area contributed by atoms with Crippen LogP contribution < -0.4 is 4.74 Å². The topological polar surface area (TPSA) is 61.6 Å². The van der Waals surface area contributed by atoms with Crippen LogP contribution in [-0.2, 0) is 20.2 Å². The molecule has 3 atom stereocenters. The molecule has 1 aliphatic rings. The molecule has 0 fully saturated rings. The van der Waals surface area contributed by atoms with Crippen molar-refractivity contribution in [2.24, 2.45) is 5.92 Å². The second-order valence-electron chi connectivity index (χ2n) is 6.63. The Morgan fingerprint density at radius 3 is 2.67 bits per heavy atom. The maximum Gasteiger partial charge on any atom is 0.309 e. The van der Waals surface area contributed by atoms with Gasteiger partial charge in [-0.2, -0.15) is 4.11 Å². The number of hydrogen-bond donors (Lipinski definition) is 0. The van der Waals surface area contributed by atoms with Crippen molar-refractivity contribution in [2.75, 3.05) is 19.5 Å². The van der Waals surface area contributed by atoms with Crippen molar-refractivity contribution in [1.29, 1.82) is 0 Å². The van der Waals surface area contributed by atoms with Crippen LogP contribution in [0.2, 0.25) is 0 Å². The molecular weight excluding hydrogens is 362 g/mol. The Balaban J connectivity index is 2.16. The van der Waals surface area contributed by atoms with E-state index in [0.29, 0.717) is 23.8 Å². The van der Waals surface area contributed by atoms with Crippen molar-refractivity contribution in [1.82, 2.24) is 0 Å². The van der Waals surface area contributed by atoms with E-state index in [2.05, 4.69) is 0 Å². The highest BCUT2D eigenvalue weighted by Crippen LogP contribution is 2.42. The minimum atomic E-state index is -0.688. The maximum atomic E-state index is 13.2.